The lowest BCUT2D eigenvalue weighted by Gasteiger charge is -2.29. The zero-order valence-corrected chi connectivity index (χ0v) is 20.1. The summed E-state index contributed by atoms with van der Waals surface area (Å²) in [5, 5.41) is 6.83. The highest BCUT2D eigenvalue weighted by atomic mass is 127. The first-order chi connectivity index (χ1) is 12.5. The van der Waals surface area contributed by atoms with E-state index in [0.717, 1.165) is 51.3 Å². The number of carbonyl (C=O) groups excluding carboxylic acids is 1. The number of nitrogens with one attached hydrogen (secondary N) is 2. The van der Waals surface area contributed by atoms with E-state index in [1.807, 2.05) is 14.1 Å². The van der Waals surface area contributed by atoms with Crippen LogP contribution in [0.4, 0.5) is 0 Å². The Bertz CT molecular complexity index is 471. The first kappa shape index (κ1) is 24.5. The Morgan fingerprint density at radius 3 is 2.33 bits per heavy atom. The highest BCUT2D eigenvalue weighted by molar-refractivity contribution is 14.0. The molecule has 7 heteroatoms. The van der Waals surface area contributed by atoms with E-state index in [1.165, 1.54) is 25.9 Å². The summed E-state index contributed by atoms with van der Waals surface area (Å²) >= 11 is 0. The van der Waals surface area contributed by atoms with Gasteiger partial charge in [0.1, 0.15) is 0 Å². The molecule has 2 N–H and O–H groups in total. The number of aliphatic imine (C=N–C) groups is 1. The molecule has 1 aliphatic carbocycles. The Balaban J connectivity index is 0.00000364. The molecule has 0 radical (unpaired) electrons. The van der Waals surface area contributed by atoms with Gasteiger partial charge in [0.15, 0.2) is 5.96 Å². The molecule has 1 saturated heterocycles. The van der Waals surface area contributed by atoms with Gasteiger partial charge in [0, 0.05) is 33.7 Å². The largest absolute Gasteiger partial charge is 0.357 e. The summed E-state index contributed by atoms with van der Waals surface area (Å²) in [4.78, 5) is 21.8. The molecule has 1 unspecified atom stereocenters. The molecular formula is C20H40IN5O. The van der Waals surface area contributed by atoms with Gasteiger partial charge in [0.25, 0.3) is 0 Å². The molecule has 6 nitrogen and oxygen atoms in total. The van der Waals surface area contributed by atoms with Crippen LogP contribution in [0.25, 0.3) is 0 Å². The van der Waals surface area contributed by atoms with E-state index >= 15 is 0 Å². The van der Waals surface area contributed by atoms with E-state index in [4.69, 9.17) is 4.99 Å². The topological polar surface area (TPSA) is 60.0 Å². The number of nitrogens with zero attached hydrogens (tertiary/aromatic N) is 3. The molecule has 2 rings (SSSR count). The summed E-state index contributed by atoms with van der Waals surface area (Å²) in [6.07, 6.45) is 6.85. The number of likely N-dealkylation sites (tertiary alicyclic amines) is 1. The lowest BCUT2D eigenvalue weighted by Crippen LogP contribution is -2.44. The summed E-state index contributed by atoms with van der Waals surface area (Å²) < 4.78 is 0. The van der Waals surface area contributed by atoms with Gasteiger partial charge in [0.05, 0.1) is 12.0 Å². The fraction of sp³-hybridized carbons (Fsp3) is 0.900. The van der Waals surface area contributed by atoms with Crippen molar-refractivity contribution >= 4 is 35.8 Å². The van der Waals surface area contributed by atoms with Crippen molar-refractivity contribution in [3.05, 3.63) is 0 Å². The molecule has 0 aromatic heterocycles. The van der Waals surface area contributed by atoms with E-state index in [-0.39, 0.29) is 35.3 Å². The van der Waals surface area contributed by atoms with E-state index in [9.17, 15) is 4.79 Å². The third-order valence-electron chi connectivity index (χ3n) is 5.69. The zero-order valence-electron chi connectivity index (χ0n) is 17.7. The first-order valence-electron chi connectivity index (χ1n) is 10.4. The molecule has 2 fully saturated rings. The van der Waals surface area contributed by atoms with Gasteiger partial charge < -0.3 is 20.4 Å². The van der Waals surface area contributed by atoms with Crippen molar-refractivity contribution in [1.82, 2.24) is 20.4 Å². The number of hydrogen-bond donors (Lipinski definition) is 2. The molecule has 0 spiro atoms. The summed E-state index contributed by atoms with van der Waals surface area (Å²) in [7, 11) is 3.71. The maximum Gasteiger partial charge on any atom is 0.230 e. The number of amides is 1. The normalized spacial score (nSPS) is 20.8. The molecule has 0 aromatic rings. The van der Waals surface area contributed by atoms with Crippen molar-refractivity contribution in [2.45, 2.75) is 52.4 Å². The lowest BCUT2D eigenvalue weighted by atomic mass is 9.85. The van der Waals surface area contributed by atoms with E-state index < -0.39 is 0 Å². The fourth-order valence-corrected chi connectivity index (χ4v) is 4.28. The van der Waals surface area contributed by atoms with Crippen molar-refractivity contribution in [2.75, 3.05) is 53.4 Å². The van der Waals surface area contributed by atoms with Gasteiger partial charge in [-0.2, -0.15) is 0 Å². The van der Waals surface area contributed by atoms with Gasteiger partial charge in [-0.1, -0.05) is 19.8 Å². The van der Waals surface area contributed by atoms with Crippen LogP contribution < -0.4 is 10.6 Å². The Labute approximate surface area is 182 Å². The van der Waals surface area contributed by atoms with Crippen LogP contribution in [0.5, 0.6) is 0 Å². The van der Waals surface area contributed by atoms with Crippen LogP contribution in [-0.2, 0) is 4.79 Å². The van der Waals surface area contributed by atoms with Crippen LogP contribution in [0.2, 0.25) is 0 Å². The third kappa shape index (κ3) is 7.40. The van der Waals surface area contributed by atoms with Gasteiger partial charge in [0.2, 0.25) is 5.91 Å². The van der Waals surface area contributed by atoms with Gasteiger partial charge in [-0.15, -0.1) is 24.0 Å². The molecule has 1 atom stereocenters. The molecule has 27 heavy (non-hydrogen) atoms. The predicted molar refractivity (Wildman–Crippen MR) is 124 cm³/mol. The molecule has 1 heterocycles. The van der Waals surface area contributed by atoms with E-state index in [0.29, 0.717) is 12.5 Å². The first-order valence-corrected chi connectivity index (χ1v) is 10.4. The average molecular weight is 493 g/mol. The minimum absolute atomic E-state index is 0. The minimum atomic E-state index is -0.299. The van der Waals surface area contributed by atoms with Crippen LogP contribution in [0.3, 0.4) is 0 Å². The second-order valence-corrected chi connectivity index (χ2v) is 8.38. The van der Waals surface area contributed by atoms with Gasteiger partial charge >= 0.3 is 0 Å². The molecule has 0 bridgehead atoms. The molecule has 1 aliphatic heterocycles. The number of carbonyl (C=O) groups is 1. The highest BCUT2D eigenvalue weighted by Gasteiger charge is 2.42. The predicted octanol–water partition coefficient (Wildman–Crippen LogP) is 2.54. The van der Waals surface area contributed by atoms with Crippen molar-refractivity contribution in [1.29, 1.82) is 0 Å². The summed E-state index contributed by atoms with van der Waals surface area (Å²) in [6.45, 7) is 10.3. The SMILES string of the molecule is CCNC(=NCC1(C(=O)N(C)C)CCCC1)NCC(C)CN1CCCC1.I. The molecule has 0 aromatic carbocycles. The number of guanidine groups is 1. The minimum Gasteiger partial charge on any atom is -0.357 e. The van der Waals surface area contributed by atoms with Crippen LogP contribution >= 0.6 is 24.0 Å². The molecule has 1 amide bonds. The lowest BCUT2D eigenvalue weighted by molar-refractivity contribution is -0.138. The van der Waals surface area contributed by atoms with Gasteiger partial charge in [-0.25, -0.2) is 0 Å². The Hall–Kier alpha value is -0.570. The van der Waals surface area contributed by atoms with Crippen LogP contribution in [-0.4, -0.2) is 75.0 Å². The summed E-state index contributed by atoms with van der Waals surface area (Å²) in [5.41, 5.74) is -0.299. The maximum atomic E-state index is 12.7. The fourth-order valence-electron chi connectivity index (χ4n) is 4.28. The third-order valence-corrected chi connectivity index (χ3v) is 5.69. The molecular weight excluding hydrogens is 453 g/mol. The van der Waals surface area contributed by atoms with Crippen LogP contribution in [0.1, 0.15) is 52.4 Å². The zero-order chi connectivity index (χ0) is 19.0. The van der Waals surface area contributed by atoms with E-state index in [2.05, 4.69) is 29.4 Å². The number of rotatable bonds is 8. The second-order valence-electron chi connectivity index (χ2n) is 8.38. The Morgan fingerprint density at radius 1 is 1.15 bits per heavy atom. The summed E-state index contributed by atoms with van der Waals surface area (Å²) in [6, 6.07) is 0. The molecule has 158 valence electrons. The van der Waals surface area contributed by atoms with Gasteiger partial charge in [-0.05, 0) is 51.6 Å². The summed E-state index contributed by atoms with van der Waals surface area (Å²) in [5.74, 6) is 1.66. The number of hydrogen-bond acceptors (Lipinski definition) is 3. The van der Waals surface area contributed by atoms with Crippen molar-refractivity contribution in [2.24, 2.45) is 16.3 Å². The average Bonchev–Trinajstić information content (AvgIpc) is 3.29. The van der Waals surface area contributed by atoms with Crippen molar-refractivity contribution in [3.8, 4) is 0 Å². The smallest absolute Gasteiger partial charge is 0.230 e. The second kappa shape index (κ2) is 12.1. The molecule has 1 saturated carbocycles. The van der Waals surface area contributed by atoms with Crippen molar-refractivity contribution < 1.29 is 4.79 Å². The Kier molecular flexibility index (Phi) is 11.0. The van der Waals surface area contributed by atoms with Crippen LogP contribution in [0, 0.1) is 11.3 Å². The van der Waals surface area contributed by atoms with Gasteiger partial charge in [-0.3, -0.25) is 9.79 Å². The molecule has 2 aliphatic rings. The Morgan fingerprint density at radius 2 is 1.78 bits per heavy atom. The maximum absolute atomic E-state index is 12.7. The van der Waals surface area contributed by atoms with Crippen LogP contribution in [0.15, 0.2) is 4.99 Å². The quantitative estimate of drug-likeness (QED) is 0.310. The van der Waals surface area contributed by atoms with Crippen molar-refractivity contribution in [3.63, 3.8) is 0 Å². The number of halogens is 1. The highest BCUT2D eigenvalue weighted by Crippen LogP contribution is 2.39. The standard InChI is InChI=1S/C20H39N5O.HI/c1-5-21-19(22-14-17(2)15-25-12-8-9-13-25)23-16-20(10-6-7-11-20)18(26)24(3)4;/h17H,5-16H2,1-4H3,(H2,21,22,23);1H. The van der Waals surface area contributed by atoms with E-state index in [1.54, 1.807) is 4.90 Å². The monoisotopic (exact) mass is 493 g/mol.